The van der Waals surface area contributed by atoms with Crippen LogP contribution in [-0.4, -0.2) is 20.9 Å². The molecule has 1 N–H and O–H groups in total. The van der Waals surface area contributed by atoms with Gasteiger partial charge in [0.25, 0.3) is 5.91 Å². The smallest absolute Gasteiger partial charge is 0.271 e. The molecule has 0 aliphatic carbocycles. The van der Waals surface area contributed by atoms with Gasteiger partial charge in [-0.25, -0.2) is 13.1 Å². The zero-order valence-corrected chi connectivity index (χ0v) is 13.0. The van der Waals surface area contributed by atoms with Crippen molar-refractivity contribution in [1.29, 1.82) is 0 Å². The van der Waals surface area contributed by atoms with Crippen molar-refractivity contribution in [3.05, 3.63) is 65.7 Å². The first-order valence-corrected chi connectivity index (χ1v) is 8.36. The van der Waals surface area contributed by atoms with Gasteiger partial charge in [-0.3, -0.25) is 4.79 Å². The van der Waals surface area contributed by atoms with Crippen LogP contribution in [0, 0.1) is 6.92 Å². The zero-order chi connectivity index (χ0) is 16.0. The molecule has 0 atom stereocenters. The third kappa shape index (κ3) is 5.21. The Kier molecular flexibility index (Phi) is 5.16. The summed E-state index contributed by atoms with van der Waals surface area (Å²) >= 11 is 0. The van der Waals surface area contributed by atoms with Gasteiger partial charge < -0.3 is 4.74 Å². The molecule has 1 amide bonds. The summed E-state index contributed by atoms with van der Waals surface area (Å²) in [6.07, 6.45) is 0. The fourth-order valence-electron chi connectivity index (χ4n) is 1.89. The molecule has 0 aliphatic heterocycles. The van der Waals surface area contributed by atoms with E-state index in [9.17, 15) is 13.2 Å². The lowest BCUT2D eigenvalue weighted by molar-refractivity contribution is -0.121. The van der Waals surface area contributed by atoms with Crippen LogP contribution in [-0.2, 0) is 20.6 Å². The number of carbonyl (C=O) groups excluding carboxylic acids is 1. The zero-order valence-electron chi connectivity index (χ0n) is 12.2. The fourth-order valence-corrected chi connectivity index (χ4v) is 3.00. The van der Waals surface area contributed by atoms with Gasteiger partial charge in [0, 0.05) is 0 Å². The van der Waals surface area contributed by atoms with Gasteiger partial charge in [-0.05, 0) is 30.2 Å². The number of aryl methyl sites for hydroxylation is 1. The molecule has 0 fully saturated rings. The Morgan fingerprint density at radius 1 is 1.09 bits per heavy atom. The maximum absolute atomic E-state index is 11.9. The molecule has 0 spiro atoms. The number of ether oxygens (including phenoxy) is 1. The van der Waals surface area contributed by atoms with Crippen LogP contribution in [0.3, 0.4) is 0 Å². The Morgan fingerprint density at radius 2 is 1.82 bits per heavy atom. The van der Waals surface area contributed by atoms with Crippen molar-refractivity contribution in [2.75, 3.05) is 6.61 Å². The minimum Gasteiger partial charge on any atom is -0.484 e. The Labute approximate surface area is 130 Å². The Morgan fingerprint density at radius 3 is 2.50 bits per heavy atom. The van der Waals surface area contributed by atoms with Crippen molar-refractivity contribution < 1.29 is 17.9 Å². The van der Waals surface area contributed by atoms with Gasteiger partial charge in [-0.15, -0.1) is 0 Å². The second-order valence-corrected chi connectivity index (χ2v) is 6.60. The van der Waals surface area contributed by atoms with Crippen LogP contribution in [0.2, 0.25) is 0 Å². The van der Waals surface area contributed by atoms with Crippen molar-refractivity contribution in [2.45, 2.75) is 12.7 Å². The van der Waals surface area contributed by atoms with Gasteiger partial charge in [0.15, 0.2) is 6.61 Å². The predicted molar refractivity (Wildman–Crippen MR) is 83.9 cm³/mol. The Hall–Kier alpha value is -2.34. The predicted octanol–water partition coefficient (Wildman–Crippen LogP) is 2.02. The summed E-state index contributed by atoms with van der Waals surface area (Å²) in [7, 11) is -3.73. The highest BCUT2D eigenvalue weighted by Gasteiger charge is 2.15. The highest BCUT2D eigenvalue weighted by atomic mass is 32.2. The van der Waals surface area contributed by atoms with Crippen LogP contribution in [0.15, 0.2) is 54.6 Å². The number of amides is 1. The molecule has 2 rings (SSSR count). The molecule has 6 heteroatoms. The summed E-state index contributed by atoms with van der Waals surface area (Å²) in [5, 5.41) is 0. The SMILES string of the molecule is Cc1cccc(OCC(=O)NS(=O)(=O)Cc2ccccc2)c1. The van der Waals surface area contributed by atoms with Crippen LogP contribution in [0.25, 0.3) is 0 Å². The first-order valence-electron chi connectivity index (χ1n) is 6.71. The van der Waals surface area contributed by atoms with E-state index >= 15 is 0 Å². The van der Waals surface area contributed by atoms with Crippen molar-refractivity contribution >= 4 is 15.9 Å². The van der Waals surface area contributed by atoms with Crippen molar-refractivity contribution in [1.82, 2.24) is 4.72 Å². The summed E-state index contributed by atoms with van der Waals surface area (Å²) in [6, 6.07) is 15.8. The van der Waals surface area contributed by atoms with Gasteiger partial charge in [-0.2, -0.15) is 0 Å². The molecule has 0 bridgehead atoms. The minimum atomic E-state index is -3.73. The molecule has 2 aromatic rings. The number of hydrogen-bond acceptors (Lipinski definition) is 4. The molecule has 5 nitrogen and oxygen atoms in total. The second-order valence-electron chi connectivity index (χ2n) is 4.88. The van der Waals surface area contributed by atoms with Crippen LogP contribution in [0.5, 0.6) is 5.75 Å². The molecule has 0 unspecified atom stereocenters. The summed E-state index contributed by atoms with van der Waals surface area (Å²) in [4.78, 5) is 11.7. The third-order valence-electron chi connectivity index (χ3n) is 2.83. The van der Waals surface area contributed by atoms with Gasteiger partial charge in [0.2, 0.25) is 10.0 Å². The first-order chi connectivity index (χ1) is 10.4. The highest BCUT2D eigenvalue weighted by molar-refractivity contribution is 7.89. The van der Waals surface area contributed by atoms with Gasteiger partial charge in [0.1, 0.15) is 5.75 Å². The maximum Gasteiger partial charge on any atom is 0.271 e. The van der Waals surface area contributed by atoms with E-state index in [-0.39, 0.29) is 12.4 Å². The number of benzene rings is 2. The number of nitrogens with one attached hydrogen (secondary N) is 1. The summed E-state index contributed by atoms with van der Waals surface area (Å²) in [5.41, 5.74) is 1.61. The number of hydrogen-bond donors (Lipinski definition) is 1. The van der Waals surface area contributed by atoms with E-state index < -0.39 is 15.9 Å². The quantitative estimate of drug-likeness (QED) is 0.884. The largest absolute Gasteiger partial charge is 0.484 e. The van der Waals surface area contributed by atoms with E-state index in [0.29, 0.717) is 11.3 Å². The third-order valence-corrected chi connectivity index (χ3v) is 4.08. The normalized spacial score (nSPS) is 11.0. The lowest BCUT2D eigenvalue weighted by atomic mass is 10.2. The molecule has 0 aromatic heterocycles. The average Bonchev–Trinajstić information content (AvgIpc) is 2.45. The van der Waals surface area contributed by atoms with Crippen molar-refractivity contribution in [2.24, 2.45) is 0 Å². The van der Waals surface area contributed by atoms with E-state index in [1.54, 1.807) is 48.5 Å². The summed E-state index contributed by atoms with van der Waals surface area (Å²) < 4.78 is 31.0. The van der Waals surface area contributed by atoms with Crippen molar-refractivity contribution in [3.63, 3.8) is 0 Å². The lowest BCUT2D eigenvalue weighted by Gasteiger charge is -2.09. The average molecular weight is 319 g/mol. The van der Waals surface area contributed by atoms with E-state index in [1.807, 2.05) is 17.7 Å². The maximum atomic E-state index is 11.9. The number of sulfonamides is 1. The van der Waals surface area contributed by atoms with Crippen molar-refractivity contribution in [3.8, 4) is 5.75 Å². The molecule has 116 valence electrons. The highest BCUT2D eigenvalue weighted by Crippen LogP contribution is 2.12. The van der Waals surface area contributed by atoms with Gasteiger partial charge >= 0.3 is 0 Å². The van der Waals surface area contributed by atoms with Gasteiger partial charge in [0.05, 0.1) is 5.75 Å². The van der Waals surface area contributed by atoms with E-state index in [0.717, 1.165) is 5.56 Å². The standard InChI is InChI=1S/C16H17NO4S/c1-13-6-5-9-15(10-13)21-11-16(18)17-22(19,20)12-14-7-3-2-4-8-14/h2-10H,11-12H2,1H3,(H,17,18). The molecule has 22 heavy (non-hydrogen) atoms. The lowest BCUT2D eigenvalue weighted by Crippen LogP contribution is -2.35. The molecular weight excluding hydrogens is 302 g/mol. The monoisotopic (exact) mass is 319 g/mol. The molecule has 2 aromatic carbocycles. The fraction of sp³-hybridized carbons (Fsp3) is 0.188. The molecular formula is C16H17NO4S. The van der Waals surface area contributed by atoms with E-state index in [1.165, 1.54) is 0 Å². The number of rotatable bonds is 6. The minimum absolute atomic E-state index is 0.246. The molecule has 0 radical (unpaired) electrons. The first kappa shape index (κ1) is 16.0. The molecule has 0 aliphatic rings. The molecule has 0 saturated carbocycles. The van der Waals surface area contributed by atoms with E-state index in [2.05, 4.69) is 0 Å². The van der Waals surface area contributed by atoms with Crippen LogP contribution in [0.1, 0.15) is 11.1 Å². The number of carbonyl (C=O) groups is 1. The summed E-state index contributed by atoms with van der Waals surface area (Å²) in [6.45, 7) is 1.55. The van der Waals surface area contributed by atoms with E-state index in [4.69, 9.17) is 4.74 Å². The van der Waals surface area contributed by atoms with Crippen LogP contribution in [0.4, 0.5) is 0 Å². The topological polar surface area (TPSA) is 72.5 Å². The van der Waals surface area contributed by atoms with Gasteiger partial charge in [-0.1, -0.05) is 42.5 Å². The van der Waals surface area contributed by atoms with Crippen LogP contribution >= 0.6 is 0 Å². The Balaban J connectivity index is 1.88. The van der Waals surface area contributed by atoms with Crippen LogP contribution < -0.4 is 9.46 Å². The second kappa shape index (κ2) is 7.09. The molecule has 0 heterocycles. The summed E-state index contributed by atoms with van der Waals surface area (Å²) in [5.74, 6) is -0.419. The molecule has 0 saturated heterocycles. The Bertz CT molecular complexity index is 742.